The van der Waals surface area contributed by atoms with Gasteiger partial charge in [0.05, 0.1) is 5.69 Å². The van der Waals surface area contributed by atoms with Gasteiger partial charge in [-0.05, 0) is 57.9 Å². The number of aryl methyl sites for hydroxylation is 2. The molecule has 4 heterocycles. The average molecular weight is 387 g/mol. The topological polar surface area (TPSA) is 50.9 Å². The molecule has 140 valence electrons. The molecule has 2 aromatic rings. The van der Waals surface area contributed by atoms with Crippen molar-refractivity contribution in [3.63, 3.8) is 0 Å². The van der Waals surface area contributed by atoms with Crippen LogP contribution in [0, 0.1) is 0 Å². The smallest absolute Gasteiger partial charge is 0.160 e. The quantitative estimate of drug-likeness (QED) is 0.857. The van der Waals surface area contributed by atoms with Gasteiger partial charge >= 0.3 is 0 Å². The number of likely N-dealkylation sites (tertiary alicyclic amines) is 1. The zero-order valence-corrected chi connectivity index (χ0v) is 16.2. The maximum atomic E-state index is 4.78. The fourth-order valence-electron chi connectivity index (χ4n) is 3.66. The summed E-state index contributed by atoms with van der Waals surface area (Å²) in [5.41, 5.74) is 2.28. The van der Waals surface area contributed by atoms with Gasteiger partial charge in [0.15, 0.2) is 5.82 Å². The van der Waals surface area contributed by atoms with Crippen molar-refractivity contribution in [2.24, 2.45) is 0 Å². The van der Waals surface area contributed by atoms with Crippen LogP contribution >= 0.6 is 24.8 Å². The summed E-state index contributed by atoms with van der Waals surface area (Å²) in [6.07, 6.45) is 9.03. The number of aromatic nitrogens is 4. The summed E-state index contributed by atoms with van der Waals surface area (Å²) in [6.45, 7) is 7.74. The van der Waals surface area contributed by atoms with Crippen LogP contribution in [0.15, 0.2) is 18.5 Å². The van der Waals surface area contributed by atoms with Gasteiger partial charge < -0.3 is 14.8 Å². The first-order chi connectivity index (χ1) is 11.4. The Hall–Kier alpha value is -1.08. The van der Waals surface area contributed by atoms with Crippen molar-refractivity contribution in [3.05, 3.63) is 24.2 Å². The van der Waals surface area contributed by atoms with E-state index in [9.17, 15) is 0 Å². The van der Waals surface area contributed by atoms with Crippen molar-refractivity contribution >= 4 is 24.8 Å². The van der Waals surface area contributed by atoms with E-state index in [0.29, 0.717) is 0 Å². The summed E-state index contributed by atoms with van der Waals surface area (Å²) >= 11 is 0. The van der Waals surface area contributed by atoms with E-state index < -0.39 is 0 Å². The first-order valence-corrected chi connectivity index (χ1v) is 8.91. The van der Waals surface area contributed by atoms with Crippen molar-refractivity contribution in [2.75, 3.05) is 26.2 Å². The minimum Gasteiger partial charge on any atom is -0.330 e. The molecule has 2 aliphatic rings. The molecule has 6 nitrogen and oxygen atoms in total. The van der Waals surface area contributed by atoms with Crippen molar-refractivity contribution in [1.29, 1.82) is 0 Å². The molecule has 0 saturated carbocycles. The van der Waals surface area contributed by atoms with E-state index in [1.54, 1.807) is 0 Å². The van der Waals surface area contributed by atoms with Gasteiger partial charge in [0.25, 0.3) is 0 Å². The molecule has 1 fully saturated rings. The molecular weight excluding hydrogens is 359 g/mol. The molecule has 8 heteroatoms. The lowest BCUT2D eigenvalue weighted by Crippen LogP contribution is -2.21. The highest BCUT2D eigenvalue weighted by Crippen LogP contribution is 2.19. The van der Waals surface area contributed by atoms with Gasteiger partial charge in [-0.3, -0.25) is 4.68 Å². The number of hydrogen-bond acceptors (Lipinski definition) is 4. The van der Waals surface area contributed by atoms with Crippen LogP contribution in [0.25, 0.3) is 11.5 Å². The third-order valence-electron chi connectivity index (χ3n) is 4.91. The second-order valence-electron chi connectivity index (χ2n) is 6.62. The first kappa shape index (κ1) is 20.2. The van der Waals surface area contributed by atoms with Crippen molar-refractivity contribution in [1.82, 2.24) is 29.5 Å². The Morgan fingerprint density at radius 1 is 1.04 bits per heavy atom. The molecule has 2 aliphatic heterocycles. The monoisotopic (exact) mass is 386 g/mol. The maximum Gasteiger partial charge on any atom is 0.160 e. The molecule has 4 rings (SSSR count). The van der Waals surface area contributed by atoms with Crippen LogP contribution in [0.4, 0.5) is 0 Å². The number of nitrogens with zero attached hydrogens (tertiary/aromatic N) is 5. The highest BCUT2D eigenvalue weighted by molar-refractivity contribution is 5.85. The lowest BCUT2D eigenvalue weighted by Gasteiger charge is -2.14. The van der Waals surface area contributed by atoms with Gasteiger partial charge in [-0.25, -0.2) is 4.98 Å². The van der Waals surface area contributed by atoms with Crippen molar-refractivity contribution < 1.29 is 0 Å². The number of rotatable bonds is 5. The number of fused-ring (bicyclic) bond motifs is 1. The summed E-state index contributed by atoms with van der Waals surface area (Å²) < 4.78 is 4.39. The van der Waals surface area contributed by atoms with Crippen LogP contribution in [-0.4, -0.2) is 50.4 Å². The summed E-state index contributed by atoms with van der Waals surface area (Å²) in [5, 5.41) is 8.23. The normalized spacial score (nSPS) is 17.4. The van der Waals surface area contributed by atoms with E-state index in [1.165, 1.54) is 44.6 Å². The molecular formula is C17H28Cl2N6. The van der Waals surface area contributed by atoms with Gasteiger partial charge in [-0.15, -0.1) is 24.8 Å². The minimum absolute atomic E-state index is 0. The number of imidazole rings is 1. The first-order valence-electron chi connectivity index (χ1n) is 8.91. The highest BCUT2D eigenvalue weighted by atomic mass is 35.5. The molecule has 0 amide bonds. The molecule has 0 radical (unpaired) electrons. The molecule has 2 aromatic heterocycles. The Labute approximate surface area is 161 Å². The minimum atomic E-state index is 0. The summed E-state index contributed by atoms with van der Waals surface area (Å²) in [4.78, 5) is 7.13. The lowest BCUT2D eigenvalue weighted by atomic mass is 10.3. The standard InChI is InChI=1S/C17H26N6.2ClH/c1-2-8-21(7-1)9-4-10-22-12-6-19-17(22)16-13-15-14-18-5-3-11-23(15)20-16;;/h6,12-13,18H,1-5,7-11,14H2;2*1H. The number of halogens is 2. The van der Waals surface area contributed by atoms with Crippen molar-refractivity contribution in [3.8, 4) is 11.5 Å². The fraction of sp³-hybridized carbons (Fsp3) is 0.647. The molecule has 1 N–H and O–H groups in total. The van der Waals surface area contributed by atoms with E-state index in [1.807, 2.05) is 6.20 Å². The van der Waals surface area contributed by atoms with Gasteiger partial charge in [0.2, 0.25) is 0 Å². The van der Waals surface area contributed by atoms with Crippen LogP contribution in [0.5, 0.6) is 0 Å². The molecule has 0 spiro atoms. The second kappa shape index (κ2) is 9.57. The molecule has 0 unspecified atom stereocenters. The largest absolute Gasteiger partial charge is 0.330 e. The predicted molar refractivity (Wildman–Crippen MR) is 105 cm³/mol. The van der Waals surface area contributed by atoms with Crippen LogP contribution in [0.3, 0.4) is 0 Å². The van der Waals surface area contributed by atoms with Gasteiger partial charge in [0.1, 0.15) is 5.69 Å². The van der Waals surface area contributed by atoms with E-state index in [2.05, 4.69) is 36.7 Å². The summed E-state index contributed by atoms with van der Waals surface area (Å²) in [6, 6.07) is 2.19. The Morgan fingerprint density at radius 2 is 1.88 bits per heavy atom. The average Bonchev–Trinajstić information content (AvgIpc) is 3.27. The van der Waals surface area contributed by atoms with Gasteiger partial charge in [0, 0.05) is 32.0 Å². The fourth-order valence-corrected chi connectivity index (χ4v) is 3.66. The summed E-state index contributed by atoms with van der Waals surface area (Å²) in [7, 11) is 0. The zero-order chi connectivity index (χ0) is 15.5. The highest BCUT2D eigenvalue weighted by Gasteiger charge is 2.16. The molecule has 0 aliphatic carbocycles. The second-order valence-corrected chi connectivity index (χ2v) is 6.62. The van der Waals surface area contributed by atoms with Gasteiger partial charge in [-0.2, -0.15) is 5.10 Å². The van der Waals surface area contributed by atoms with E-state index in [-0.39, 0.29) is 24.8 Å². The van der Waals surface area contributed by atoms with Crippen molar-refractivity contribution in [2.45, 2.75) is 45.3 Å². The van der Waals surface area contributed by atoms with E-state index in [0.717, 1.165) is 44.1 Å². The van der Waals surface area contributed by atoms with E-state index >= 15 is 0 Å². The summed E-state index contributed by atoms with van der Waals surface area (Å²) in [5.74, 6) is 1.01. The van der Waals surface area contributed by atoms with Crippen LogP contribution < -0.4 is 5.32 Å². The Bertz CT molecular complexity index is 624. The third kappa shape index (κ3) is 4.76. The number of hydrogen-bond donors (Lipinski definition) is 1. The van der Waals surface area contributed by atoms with Crippen LogP contribution in [-0.2, 0) is 19.6 Å². The SMILES string of the molecule is Cl.Cl.c1cn(CCCN2CCCC2)c(-c2cc3n(n2)CCCNC3)n1. The number of nitrogens with one attached hydrogen (secondary N) is 1. The molecule has 1 saturated heterocycles. The Balaban J connectivity index is 0.00000113. The lowest BCUT2D eigenvalue weighted by molar-refractivity contribution is 0.325. The van der Waals surface area contributed by atoms with Crippen LogP contribution in [0.2, 0.25) is 0 Å². The third-order valence-corrected chi connectivity index (χ3v) is 4.91. The molecule has 0 atom stereocenters. The maximum absolute atomic E-state index is 4.78. The Kier molecular flexibility index (Phi) is 7.75. The van der Waals surface area contributed by atoms with Gasteiger partial charge in [-0.1, -0.05) is 0 Å². The molecule has 0 aromatic carbocycles. The zero-order valence-electron chi connectivity index (χ0n) is 14.6. The molecule has 0 bridgehead atoms. The predicted octanol–water partition coefficient (Wildman–Crippen LogP) is 2.57. The van der Waals surface area contributed by atoms with E-state index in [4.69, 9.17) is 5.10 Å². The molecule has 25 heavy (non-hydrogen) atoms. The van der Waals surface area contributed by atoms with Crippen LogP contribution in [0.1, 0.15) is 31.4 Å². The Morgan fingerprint density at radius 3 is 2.72 bits per heavy atom.